The maximum atomic E-state index is 12.5. The van der Waals surface area contributed by atoms with Crippen LogP contribution in [0.1, 0.15) is 35.9 Å². The van der Waals surface area contributed by atoms with Gasteiger partial charge in [-0.15, -0.1) is 0 Å². The lowest BCUT2D eigenvalue weighted by Crippen LogP contribution is -2.30. The molecule has 0 saturated heterocycles. The fourth-order valence-corrected chi connectivity index (χ4v) is 3.70. The topological polar surface area (TPSA) is 96.7 Å². The van der Waals surface area contributed by atoms with Gasteiger partial charge in [-0.2, -0.15) is 0 Å². The molecule has 0 saturated carbocycles. The Hall–Kier alpha value is -2.45. The Morgan fingerprint density at radius 1 is 1.15 bits per heavy atom. The van der Waals surface area contributed by atoms with Crippen LogP contribution < -0.4 is 5.32 Å². The van der Waals surface area contributed by atoms with Crippen LogP contribution in [0, 0.1) is 0 Å². The number of hydrogen-bond donors (Lipinski definition) is 1. The van der Waals surface area contributed by atoms with Crippen LogP contribution in [0.5, 0.6) is 0 Å². The summed E-state index contributed by atoms with van der Waals surface area (Å²) in [5.41, 5.74) is 0.461. The standard InChI is InChI=1S/C19H24N2O5S/c1-15(22)16-7-9-18(10-8-16)27(24,25)21(2)13-3-6-19(23)20-12-11-17-5-4-14-26-17/h4-5,7-10,14H,3,6,11-13H2,1-2H3,(H,20,23). The molecular weight excluding hydrogens is 368 g/mol. The Bertz CT molecular complexity index is 858. The predicted octanol–water partition coefficient (Wildman–Crippen LogP) is 2.24. The highest BCUT2D eigenvalue weighted by atomic mass is 32.2. The van der Waals surface area contributed by atoms with E-state index < -0.39 is 10.0 Å². The van der Waals surface area contributed by atoms with E-state index in [1.54, 1.807) is 12.3 Å². The molecule has 8 heteroatoms. The lowest BCUT2D eigenvalue weighted by molar-refractivity contribution is -0.121. The van der Waals surface area contributed by atoms with Gasteiger partial charge in [-0.1, -0.05) is 12.1 Å². The second-order valence-electron chi connectivity index (χ2n) is 6.19. The van der Waals surface area contributed by atoms with Crippen LogP contribution in [0.4, 0.5) is 0 Å². The SMILES string of the molecule is CC(=O)c1ccc(S(=O)(=O)N(C)CCCC(=O)NCCc2ccco2)cc1. The highest BCUT2D eigenvalue weighted by Crippen LogP contribution is 2.16. The Kier molecular flexibility index (Phi) is 7.32. The molecule has 146 valence electrons. The van der Waals surface area contributed by atoms with Crippen LogP contribution in [0.2, 0.25) is 0 Å². The summed E-state index contributed by atoms with van der Waals surface area (Å²) >= 11 is 0. The van der Waals surface area contributed by atoms with Gasteiger partial charge in [0, 0.05) is 38.5 Å². The third-order valence-electron chi connectivity index (χ3n) is 4.12. The van der Waals surface area contributed by atoms with Gasteiger partial charge >= 0.3 is 0 Å². The third-order valence-corrected chi connectivity index (χ3v) is 5.99. The molecule has 0 spiro atoms. The summed E-state index contributed by atoms with van der Waals surface area (Å²) in [5, 5.41) is 2.78. The summed E-state index contributed by atoms with van der Waals surface area (Å²) in [5.74, 6) is 0.556. The number of furan rings is 1. The van der Waals surface area contributed by atoms with Crippen molar-refractivity contribution in [1.82, 2.24) is 9.62 Å². The zero-order valence-electron chi connectivity index (χ0n) is 15.5. The number of sulfonamides is 1. The molecule has 7 nitrogen and oxygen atoms in total. The normalized spacial score (nSPS) is 11.5. The summed E-state index contributed by atoms with van der Waals surface area (Å²) in [6, 6.07) is 9.47. The number of benzene rings is 1. The van der Waals surface area contributed by atoms with Crippen molar-refractivity contribution in [2.75, 3.05) is 20.1 Å². The highest BCUT2D eigenvalue weighted by molar-refractivity contribution is 7.89. The van der Waals surface area contributed by atoms with Gasteiger partial charge in [0.2, 0.25) is 15.9 Å². The molecule has 1 heterocycles. The van der Waals surface area contributed by atoms with Crippen LogP contribution >= 0.6 is 0 Å². The minimum absolute atomic E-state index is 0.120. The molecule has 0 atom stereocenters. The number of ketones is 1. The van der Waals surface area contributed by atoms with Crippen molar-refractivity contribution in [3.63, 3.8) is 0 Å². The number of carbonyl (C=O) groups excluding carboxylic acids is 2. The summed E-state index contributed by atoms with van der Waals surface area (Å²) in [6.07, 6.45) is 2.85. The fraction of sp³-hybridized carbons (Fsp3) is 0.368. The van der Waals surface area contributed by atoms with Crippen LogP contribution in [-0.4, -0.2) is 44.6 Å². The minimum atomic E-state index is -3.65. The van der Waals surface area contributed by atoms with Gasteiger partial charge in [0.25, 0.3) is 0 Å². The smallest absolute Gasteiger partial charge is 0.242 e. The van der Waals surface area contributed by atoms with E-state index >= 15 is 0 Å². The maximum Gasteiger partial charge on any atom is 0.242 e. The number of amides is 1. The van der Waals surface area contributed by atoms with Gasteiger partial charge in [0.1, 0.15) is 5.76 Å². The Morgan fingerprint density at radius 3 is 2.44 bits per heavy atom. The molecule has 0 radical (unpaired) electrons. The number of carbonyl (C=O) groups is 2. The lowest BCUT2D eigenvalue weighted by atomic mass is 10.2. The minimum Gasteiger partial charge on any atom is -0.469 e. The van der Waals surface area contributed by atoms with Crippen LogP contribution in [0.3, 0.4) is 0 Å². The first-order chi connectivity index (χ1) is 12.8. The first-order valence-electron chi connectivity index (χ1n) is 8.67. The van der Waals surface area contributed by atoms with Gasteiger partial charge in [0.15, 0.2) is 5.78 Å². The zero-order valence-corrected chi connectivity index (χ0v) is 16.3. The summed E-state index contributed by atoms with van der Waals surface area (Å²) in [6.45, 7) is 2.13. The van der Waals surface area contributed by atoms with E-state index in [4.69, 9.17) is 4.42 Å². The van der Waals surface area contributed by atoms with Crippen molar-refractivity contribution < 1.29 is 22.4 Å². The molecule has 1 amide bonds. The average Bonchev–Trinajstić information content (AvgIpc) is 3.15. The Labute approximate surface area is 159 Å². The fourth-order valence-electron chi connectivity index (χ4n) is 2.49. The quantitative estimate of drug-likeness (QED) is 0.626. The van der Waals surface area contributed by atoms with Gasteiger partial charge in [0.05, 0.1) is 11.2 Å². The van der Waals surface area contributed by atoms with E-state index in [0.29, 0.717) is 24.9 Å². The number of nitrogens with one attached hydrogen (secondary N) is 1. The maximum absolute atomic E-state index is 12.5. The van der Waals surface area contributed by atoms with Crippen molar-refractivity contribution in [2.24, 2.45) is 0 Å². The first-order valence-corrected chi connectivity index (χ1v) is 10.1. The van der Waals surface area contributed by atoms with E-state index in [9.17, 15) is 18.0 Å². The molecule has 0 aliphatic rings. The molecular formula is C19H24N2O5S. The molecule has 27 heavy (non-hydrogen) atoms. The number of rotatable bonds is 10. The van der Waals surface area contributed by atoms with Crippen molar-refractivity contribution >= 4 is 21.7 Å². The van der Waals surface area contributed by atoms with E-state index in [2.05, 4.69) is 5.32 Å². The molecule has 1 N–H and O–H groups in total. The van der Waals surface area contributed by atoms with E-state index in [0.717, 1.165) is 5.76 Å². The second kappa shape index (κ2) is 9.48. The lowest BCUT2D eigenvalue weighted by Gasteiger charge is -2.17. The van der Waals surface area contributed by atoms with Crippen molar-refractivity contribution in [1.29, 1.82) is 0 Å². The van der Waals surface area contributed by atoms with Crippen molar-refractivity contribution in [3.05, 3.63) is 54.0 Å². The molecule has 1 aromatic carbocycles. The first kappa shape index (κ1) is 20.9. The second-order valence-corrected chi connectivity index (χ2v) is 8.23. The van der Waals surface area contributed by atoms with Crippen LogP contribution in [0.15, 0.2) is 52.0 Å². The monoisotopic (exact) mass is 392 g/mol. The van der Waals surface area contributed by atoms with E-state index in [1.807, 2.05) is 6.07 Å². The van der Waals surface area contributed by atoms with Gasteiger partial charge < -0.3 is 9.73 Å². The van der Waals surface area contributed by atoms with Gasteiger partial charge in [-0.25, -0.2) is 12.7 Å². The largest absolute Gasteiger partial charge is 0.469 e. The third kappa shape index (κ3) is 6.04. The molecule has 2 aromatic rings. The molecule has 0 fully saturated rings. The zero-order chi connectivity index (χ0) is 19.9. The Morgan fingerprint density at radius 2 is 1.85 bits per heavy atom. The van der Waals surface area contributed by atoms with E-state index in [-0.39, 0.29) is 29.6 Å². The van der Waals surface area contributed by atoms with Gasteiger partial charge in [-0.05, 0) is 37.6 Å². The average molecular weight is 392 g/mol. The summed E-state index contributed by atoms with van der Waals surface area (Å²) in [7, 11) is -2.17. The van der Waals surface area contributed by atoms with Crippen molar-refractivity contribution in [2.45, 2.75) is 31.1 Å². The summed E-state index contributed by atoms with van der Waals surface area (Å²) in [4.78, 5) is 23.2. The predicted molar refractivity (Wildman–Crippen MR) is 101 cm³/mol. The Balaban J connectivity index is 1.77. The van der Waals surface area contributed by atoms with Crippen LogP contribution in [0.25, 0.3) is 0 Å². The molecule has 0 aliphatic carbocycles. The van der Waals surface area contributed by atoms with Gasteiger partial charge in [-0.3, -0.25) is 9.59 Å². The molecule has 1 aromatic heterocycles. The van der Waals surface area contributed by atoms with Crippen LogP contribution in [-0.2, 0) is 21.2 Å². The molecule has 0 bridgehead atoms. The number of hydrogen-bond acceptors (Lipinski definition) is 5. The molecule has 0 unspecified atom stereocenters. The molecule has 2 rings (SSSR count). The van der Waals surface area contributed by atoms with Crippen molar-refractivity contribution in [3.8, 4) is 0 Å². The highest BCUT2D eigenvalue weighted by Gasteiger charge is 2.20. The molecule has 0 aliphatic heterocycles. The number of nitrogens with zero attached hydrogens (tertiary/aromatic N) is 1. The van der Waals surface area contributed by atoms with E-state index in [1.165, 1.54) is 42.5 Å². The summed E-state index contributed by atoms with van der Waals surface area (Å²) < 4.78 is 31.4. The number of Topliss-reactive ketones (excluding diaryl/α,β-unsaturated/α-hetero) is 1.